The van der Waals surface area contributed by atoms with Gasteiger partial charge in [-0.05, 0) is 0 Å². The molecule has 0 saturated carbocycles. The van der Waals surface area contributed by atoms with E-state index in [2.05, 4.69) is 73.6 Å². The van der Waals surface area contributed by atoms with Gasteiger partial charge in [0.05, 0.1) is 0 Å². The van der Waals surface area contributed by atoms with Gasteiger partial charge in [-0.1, -0.05) is 0 Å². The van der Waals surface area contributed by atoms with Gasteiger partial charge in [-0.25, -0.2) is 0 Å². The summed E-state index contributed by atoms with van der Waals surface area (Å²) in [6.45, 7) is 4.67. The van der Waals surface area contributed by atoms with E-state index in [1.54, 1.807) is 0 Å². The Morgan fingerprint density at radius 2 is 2.00 bits per heavy atom. The van der Waals surface area contributed by atoms with Gasteiger partial charge in [0.2, 0.25) is 0 Å². The predicted molar refractivity (Wildman–Crippen MR) is 106 cm³/mol. The first-order valence-electron chi connectivity index (χ1n) is 9.00. The number of rotatable bonds is 4. The Bertz CT molecular complexity index is 772. The van der Waals surface area contributed by atoms with E-state index < -0.39 is 18.4 Å². The van der Waals surface area contributed by atoms with E-state index in [-0.39, 0.29) is 0 Å². The molecule has 1 aliphatic rings. The molecule has 0 amide bonds. The molecule has 0 spiro atoms. The molecular weight excluding hydrogens is 417 g/mol. The molecule has 2 aromatic rings. The third-order valence-corrected chi connectivity index (χ3v) is 11.9. The van der Waals surface area contributed by atoms with Crippen LogP contribution in [0.4, 0.5) is 5.69 Å². The molecule has 25 heavy (non-hydrogen) atoms. The van der Waals surface area contributed by atoms with Gasteiger partial charge in [0, 0.05) is 0 Å². The number of aromatic nitrogens is 4. The van der Waals surface area contributed by atoms with Crippen LogP contribution in [0.3, 0.4) is 0 Å². The quantitative estimate of drug-likeness (QED) is 0.540. The maximum absolute atomic E-state index is 6.34. The minimum atomic E-state index is -2.38. The van der Waals surface area contributed by atoms with Crippen molar-refractivity contribution in [1.29, 1.82) is 0 Å². The molecule has 3 rings (SSSR count). The van der Waals surface area contributed by atoms with Crippen LogP contribution in [-0.2, 0) is 0 Å². The Hall–Kier alpha value is -1.37. The maximum atomic E-state index is 6.34. The summed E-state index contributed by atoms with van der Waals surface area (Å²) < 4.78 is 0.296. The molecule has 1 aromatic heterocycles. The summed E-state index contributed by atoms with van der Waals surface area (Å²) >= 11 is -2.38. The van der Waals surface area contributed by atoms with E-state index in [1.165, 1.54) is 23.1 Å². The number of hydrogen-bond acceptors (Lipinski definition) is 4. The number of nitrogen functional groups attached to an aromatic ring is 1. The van der Waals surface area contributed by atoms with Gasteiger partial charge >= 0.3 is 154 Å². The van der Waals surface area contributed by atoms with Gasteiger partial charge in [0.15, 0.2) is 0 Å². The third-order valence-electron chi connectivity index (χ3n) is 5.23. The molecule has 6 heteroatoms. The summed E-state index contributed by atoms with van der Waals surface area (Å²) in [5.41, 5.74) is 11.5. The fourth-order valence-electron chi connectivity index (χ4n) is 3.71. The van der Waals surface area contributed by atoms with Crippen molar-refractivity contribution in [3.8, 4) is 0 Å². The average Bonchev–Trinajstić information content (AvgIpc) is 3.02. The summed E-state index contributed by atoms with van der Waals surface area (Å²) in [4.78, 5) is 7.25. The van der Waals surface area contributed by atoms with E-state index in [1.807, 2.05) is 0 Å². The van der Waals surface area contributed by atoms with Gasteiger partial charge in [-0.3, -0.25) is 0 Å². The average molecular weight is 446 g/mol. The van der Waals surface area contributed by atoms with E-state index in [9.17, 15) is 0 Å². The van der Waals surface area contributed by atoms with Crippen LogP contribution < -0.4 is 5.73 Å². The predicted octanol–water partition coefficient (Wildman–Crippen LogP) is 4.38. The van der Waals surface area contributed by atoms with E-state index in [4.69, 9.17) is 5.73 Å². The van der Waals surface area contributed by atoms with Crippen LogP contribution in [0.5, 0.6) is 0 Å². The second kappa shape index (κ2) is 6.74. The first-order chi connectivity index (χ1) is 11.7. The van der Waals surface area contributed by atoms with Gasteiger partial charge in [-0.2, -0.15) is 0 Å². The number of allylic oxidation sites excluding steroid dienone is 2. The summed E-state index contributed by atoms with van der Waals surface area (Å²) in [6.07, 6.45) is 5.79. The monoisotopic (exact) mass is 447 g/mol. The van der Waals surface area contributed by atoms with Crippen LogP contribution in [0.2, 0.25) is 14.8 Å². The molecular formula is C19H29N5Sn. The molecule has 1 unspecified atom stereocenters. The zero-order valence-electron chi connectivity index (χ0n) is 15.9. The van der Waals surface area contributed by atoms with Gasteiger partial charge in [0.25, 0.3) is 0 Å². The number of H-pyrrole nitrogens is 1. The van der Waals surface area contributed by atoms with Crippen LogP contribution in [0, 0.1) is 5.41 Å². The number of nitrogens with zero attached hydrogens (tertiary/aromatic N) is 3. The molecule has 5 nitrogen and oxygen atoms in total. The van der Waals surface area contributed by atoms with Crippen LogP contribution in [0.15, 0.2) is 24.3 Å². The number of nitrogens with one attached hydrogen (secondary N) is 1. The van der Waals surface area contributed by atoms with Crippen LogP contribution >= 0.6 is 0 Å². The van der Waals surface area contributed by atoms with Crippen molar-refractivity contribution in [1.82, 2.24) is 20.6 Å². The van der Waals surface area contributed by atoms with Crippen molar-refractivity contribution in [3.05, 3.63) is 41.2 Å². The number of anilines is 1. The fraction of sp³-hybridized carbons (Fsp3) is 0.526. The molecule has 0 saturated heterocycles. The summed E-state index contributed by atoms with van der Waals surface area (Å²) in [5, 5.41) is 14.8. The molecule has 1 heterocycles. The Morgan fingerprint density at radius 1 is 1.24 bits per heavy atom. The standard InChI is InChI=1S/C16H20N5.3CH3.Sn/c1-16(2)7-5-12(6-8-16)13-9-11(3-4-14(13)17)10-15-18-20-21-19-15;;;;/h3-5,9-10H,6-8,17H2,1-2H3,(H,18,19,20,21);3*1H3;. The van der Waals surface area contributed by atoms with E-state index in [0.717, 1.165) is 24.4 Å². The third kappa shape index (κ3) is 4.07. The first-order valence-corrected chi connectivity index (χ1v) is 19.2. The number of hydrogen-bond donors (Lipinski definition) is 2. The summed E-state index contributed by atoms with van der Waals surface area (Å²) in [7, 11) is 0. The van der Waals surface area contributed by atoms with Crippen LogP contribution in [0.1, 0.15) is 54.0 Å². The number of tetrazole rings is 1. The number of nitrogens with two attached hydrogens (primary N) is 1. The Kier molecular flexibility index (Phi) is 4.97. The number of aromatic amines is 1. The van der Waals surface area contributed by atoms with Crippen molar-refractivity contribution < 1.29 is 0 Å². The molecule has 134 valence electrons. The van der Waals surface area contributed by atoms with Gasteiger partial charge in [0.1, 0.15) is 0 Å². The molecule has 3 N–H and O–H groups in total. The minimum absolute atomic E-state index is 0.296. The van der Waals surface area contributed by atoms with Crippen molar-refractivity contribution in [2.24, 2.45) is 5.41 Å². The Labute approximate surface area is 154 Å². The molecule has 1 aromatic carbocycles. The summed E-state index contributed by atoms with van der Waals surface area (Å²) in [6, 6.07) is 6.50. The zero-order chi connectivity index (χ0) is 18.2. The second-order valence-corrected chi connectivity index (χ2v) is 24.2. The van der Waals surface area contributed by atoms with E-state index >= 15 is 0 Å². The fourth-order valence-corrected chi connectivity index (χ4v) is 9.77. The van der Waals surface area contributed by atoms with Gasteiger partial charge in [-0.15, -0.1) is 0 Å². The SMILES string of the molecule is CC1(C)CC=C(c2cc([CH](c3nnn[nH]3)[Sn]([CH3])([CH3])[CH3])ccc2N)CC1. The van der Waals surface area contributed by atoms with Crippen molar-refractivity contribution in [3.63, 3.8) is 0 Å². The first kappa shape index (κ1) is 18.4. The van der Waals surface area contributed by atoms with Crippen LogP contribution in [-0.4, -0.2) is 39.0 Å². The molecule has 0 aliphatic heterocycles. The molecule has 1 atom stereocenters. The van der Waals surface area contributed by atoms with Gasteiger partial charge < -0.3 is 0 Å². The van der Waals surface area contributed by atoms with Crippen LogP contribution in [0.25, 0.3) is 5.57 Å². The molecule has 0 fully saturated rings. The van der Waals surface area contributed by atoms with E-state index in [0.29, 0.717) is 9.35 Å². The second-order valence-electron chi connectivity index (χ2n) is 9.03. The zero-order valence-corrected chi connectivity index (χ0v) is 18.8. The molecule has 0 bridgehead atoms. The van der Waals surface area contributed by atoms with Crippen molar-refractivity contribution in [2.75, 3.05) is 5.73 Å². The summed E-state index contributed by atoms with van der Waals surface area (Å²) in [5.74, 6) is 0.887. The molecule has 0 radical (unpaired) electrons. The normalized spacial score (nSPS) is 18.7. The topological polar surface area (TPSA) is 80.5 Å². The molecule has 1 aliphatic carbocycles. The van der Waals surface area contributed by atoms with Crippen molar-refractivity contribution in [2.45, 2.75) is 51.9 Å². The Morgan fingerprint density at radius 3 is 2.56 bits per heavy atom. The van der Waals surface area contributed by atoms with Crippen molar-refractivity contribution >= 4 is 29.6 Å². The Balaban J connectivity index is 2.03. The number of benzene rings is 1.